The van der Waals surface area contributed by atoms with E-state index in [0.717, 1.165) is 19.6 Å². The first-order valence-corrected chi connectivity index (χ1v) is 6.01. The molecule has 0 aromatic carbocycles. The van der Waals surface area contributed by atoms with Gasteiger partial charge in [0.05, 0.1) is 6.61 Å². The summed E-state index contributed by atoms with van der Waals surface area (Å²) in [6.07, 6.45) is 2.89. The molecule has 0 saturated carbocycles. The molecule has 0 aromatic rings. The Morgan fingerprint density at radius 2 is 2.00 bits per heavy atom. The van der Waals surface area contributed by atoms with Crippen LogP contribution in [-0.4, -0.2) is 37.6 Å². The smallest absolute Gasteiger partial charge is 0.104 e. The molecular formula is C9H21NO2S. The molecule has 0 fully saturated rings. The summed E-state index contributed by atoms with van der Waals surface area (Å²) in [7, 11) is 0. The van der Waals surface area contributed by atoms with Gasteiger partial charge in [-0.25, -0.2) is 0 Å². The van der Waals surface area contributed by atoms with Crippen LogP contribution in [0, 0.1) is 0 Å². The van der Waals surface area contributed by atoms with Crippen molar-refractivity contribution in [2.45, 2.75) is 31.7 Å². The molecule has 0 heterocycles. The lowest BCUT2D eigenvalue weighted by atomic mass is 10.2. The van der Waals surface area contributed by atoms with E-state index in [-0.39, 0.29) is 11.5 Å². The molecule has 3 nitrogen and oxygen atoms in total. The number of nitrogens with two attached hydrogens (primary N) is 1. The molecule has 2 atom stereocenters. The predicted molar refractivity (Wildman–Crippen MR) is 58.0 cm³/mol. The highest BCUT2D eigenvalue weighted by Gasteiger charge is 2.11. The Labute approximate surface area is 85.3 Å². The van der Waals surface area contributed by atoms with Crippen LogP contribution in [0.25, 0.3) is 0 Å². The normalized spacial score (nSPS) is 15.7. The number of hydrogen-bond donors (Lipinski definition) is 1. The highest BCUT2D eigenvalue weighted by molar-refractivity contribution is 7.99. The summed E-state index contributed by atoms with van der Waals surface area (Å²) >= 11 is 1.70. The zero-order valence-electron chi connectivity index (χ0n) is 8.79. The summed E-state index contributed by atoms with van der Waals surface area (Å²) < 4.78 is 10.7. The second kappa shape index (κ2) is 8.81. The molecule has 2 unspecified atom stereocenters. The lowest BCUT2D eigenvalue weighted by molar-refractivity contribution is 0.0881. The van der Waals surface area contributed by atoms with E-state index in [1.807, 2.05) is 20.1 Å². The van der Waals surface area contributed by atoms with Crippen LogP contribution in [0.1, 0.15) is 20.3 Å². The van der Waals surface area contributed by atoms with Gasteiger partial charge >= 0.3 is 0 Å². The molecule has 4 heteroatoms. The van der Waals surface area contributed by atoms with Crippen LogP contribution in [-0.2, 0) is 9.47 Å². The minimum absolute atomic E-state index is 0.0870. The van der Waals surface area contributed by atoms with Crippen LogP contribution in [0.5, 0.6) is 0 Å². The van der Waals surface area contributed by atoms with Gasteiger partial charge in [0.1, 0.15) is 5.44 Å². The van der Waals surface area contributed by atoms with Crippen LogP contribution in [0.15, 0.2) is 0 Å². The number of ether oxygens (including phenoxy) is 2. The minimum atomic E-state index is 0.0870. The van der Waals surface area contributed by atoms with Crippen LogP contribution in [0.2, 0.25) is 0 Å². The highest BCUT2D eigenvalue weighted by atomic mass is 32.2. The van der Waals surface area contributed by atoms with Gasteiger partial charge in [0.15, 0.2) is 0 Å². The van der Waals surface area contributed by atoms with E-state index in [9.17, 15) is 0 Å². The first-order chi connectivity index (χ1) is 6.24. The van der Waals surface area contributed by atoms with Crippen molar-refractivity contribution >= 4 is 11.8 Å². The molecule has 0 bridgehead atoms. The molecule has 80 valence electrons. The van der Waals surface area contributed by atoms with Gasteiger partial charge < -0.3 is 15.2 Å². The van der Waals surface area contributed by atoms with Crippen LogP contribution in [0.4, 0.5) is 0 Å². The summed E-state index contributed by atoms with van der Waals surface area (Å²) in [6, 6.07) is 0.0870. The largest absolute Gasteiger partial charge is 0.380 e. The van der Waals surface area contributed by atoms with Crippen molar-refractivity contribution < 1.29 is 9.47 Å². The SMILES string of the molecule is CCOCC(N)CC(OCC)SC. The van der Waals surface area contributed by atoms with E-state index in [2.05, 4.69) is 0 Å². The summed E-state index contributed by atoms with van der Waals surface area (Å²) in [5.41, 5.74) is 6.06. The fourth-order valence-corrected chi connectivity index (χ4v) is 1.71. The summed E-state index contributed by atoms with van der Waals surface area (Å²) in [5.74, 6) is 0. The van der Waals surface area contributed by atoms with Gasteiger partial charge in [0.2, 0.25) is 0 Å². The second-order valence-electron chi connectivity index (χ2n) is 2.78. The summed E-state index contributed by atoms with van der Waals surface area (Å²) in [5, 5.41) is 0. The Morgan fingerprint density at radius 3 is 2.46 bits per heavy atom. The Balaban J connectivity index is 3.53. The predicted octanol–water partition coefficient (Wildman–Crippen LogP) is 1.47. The number of thioether (sulfide) groups is 1. The van der Waals surface area contributed by atoms with Crippen molar-refractivity contribution in [1.82, 2.24) is 0 Å². The molecule has 0 aliphatic rings. The number of hydrogen-bond acceptors (Lipinski definition) is 4. The van der Waals surface area contributed by atoms with Crippen LogP contribution < -0.4 is 5.73 Å². The molecule has 0 amide bonds. The second-order valence-corrected chi connectivity index (χ2v) is 3.77. The lowest BCUT2D eigenvalue weighted by Gasteiger charge is -2.18. The molecule has 0 rings (SSSR count). The standard InChI is InChI=1S/C9H21NO2S/c1-4-11-7-8(10)6-9(13-3)12-5-2/h8-9H,4-7,10H2,1-3H3. The van der Waals surface area contributed by atoms with Crippen molar-refractivity contribution in [3.8, 4) is 0 Å². The van der Waals surface area contributed by atoms with Crippen molar-refractivity contribution in [2.24, 2.45) is 5.73 Å². The minimum Gasteiger partial charge on any atom is -0.380 e. The fourth-order valence-electron chi connectivity index (χ4n) is 1.00. The molecule has 0 aliphatic carbocycles. The van der Waals surface area contributed by atoms with Crippen molar-refractivity contribution in [3.63, 3.8) is 0 Å². The maximum Gasteiger partial charge on any atom is 0.104 e. The average Bonchev–Trinajstić information content (AvgIpc) is 2.14. The molecule has 0 aliphatic heterocycles. The molecule has 0 spiro atoms. The molecular weight excluding hydrogens is 186 g/mol. The summed E-state index contributed by atoms with van der Waals surface area (Å²) in [4.78, 5) is 0. The van der Waals surface area contributed by atoms with Gasteiger partial charge in [0.25, 0.3) is 0 Å². The molecule has 0 radical (unpaired) electrons. The quantitative estimate of drug-likeness (QED) is 0.612. The van der Waals surface area contributed by atoms with Crippen LogP contribution in [0.3, 0.4) is 0 Å². The van der Waals surface area contributed by atoms with E-state index in [4.69, 9.17) is 15.2 Å². The summed E-state index contributed by atoms with van der Waals surface area (Å²) in [6.45, 7) is 6.07. The van der Waals surface area contributed by atoms with E-state index >= 15 is 0 Å². The molecule has 0 saturated heterocycles. The lowest BCUT2D eigenvalue weighted by Crippen LogP contribution is -2.30. The molecule has 0 aromatic heterocycles. The van der Waals surface area contributed by atoms with Gasteiger partial charge in [-0.2, -0.15) is 0 Å². The van der Waals surface area contributed by atoms with Gasteiger partial charge in [-0.05, 0) is 20.1 Å². The van der Waals surface area contributed by atoms with Gasteiger partial charge in [-0.1, -0.05) is 0 Å². The molecule has 13 heavy (non-hydrogen) atoms. The molecule has 2 N–H and O–H groups in total. The van der Waals surface area contributed by atoms with E-state index in [0.29, 0.717) is 6.61 Å². The fraction of sp³-hybridized carbons (Fsp3) is 1.00. The monoisotopic (exact) mass is 207 g/mol. The topological polar surface area (TPSA) is 44.5 Å². The van der Waals surface area contributed by atoms with Crippen molar-refractivity contribution in [2.75, 3.05) is 26.1 Å². The zero-order valence-corrected chi connectivity index (χ0v) is 9.60. The first-order valence-electron chi connectivity index (χ1n) is 4.72. The van der Waals surface area contributed by atoms with Crippen molar-refractivity contribution in [3.05, 3.63) is 0 Å². The first kappa shape index (κ1) is 13.2. The Morgan fingerprint density at radius 1 is 1.31 bits per heavy atom. The maximum absolute atomic E-state index is 5.85. The van der Waals surface area contributed by atoms with Crippen LogP contribution >= 0.6 is 11.8 Å². The van der Waals surface area contributed by atoms with E-state index in [1.54, 1.807) is 11.8 Å². The van der Waals surface area contributed by atoms with Gasteiger partial charge in [-0.3, -0.25) is 0 Å². The maximum atomic E-state index is 5.85. The Bertz CT molecular complexity index is 114. The van der Waals surface area contributed by atoms with E-state index in [1.165, 1.54) is 0 Å². The third-order valence-corrected chi connectivity index (χ3v) is 2.50. The highest BCUT2D eigenvalue weighted by Crippen LogP contribution is 2.13. The zero-order chi connectivity index (χ0) is 10.1. The van der Waals surface area contributed by atoms with E-state index < -0.39 is 0 Å². The third-order valence-electron chi connectivity index (χ3n) is 1.65. The average molecular weight is 207 g/mol. The number of rotatable bonds is 8. The Kier molecular flexibility index (Phi) is 8.97. The third kappa shape index (κ3) is 7.31. The van der Waals surface area contributed by atoms with Gasteiger partial charge in [-0.15, -0.1) is 11.8 Å². The Hall–Kier alpha value is 0.230. The van der Waals surface area contributed by atoms with Gasteiger partial charge in [0, 0.05) is 25.7 Å². The van der Waals surface area contributed by atoms with Crippen molar-refractivity contribution in [1.29, 1.82) is 0 Å².